The van der Waals surface area contributed by atoms with E-state index in [-0.39, 0.29) is 12.0 Å². The van der Waals surface area contributed by atoms with Crippen molar-refractivity contribution >= 4 is 5.97 Å². The second-order valence-electron chi connectivity index (χ2n) is 4.02. The number of hydrogen-bond donors (Lipinski definition) is 0. The van der Waals surface area contributed by atoms with Crippen LogP contribution in [0.2, 0.25) is 0 Å². The van der Waals surface area contributed by atoms with Crippen molar-refractivity contribution in [1.82, 2.24) is 9.80 Å². The summed E-state index contributed by atoms with van der Waals surface area (Å²) < 4.78 is 4.72. The molecular formula is C10H20N2O2. The number of likely N-dealkylation sites (tertiary alicyclic amines) is 1. The molecular weight excluding hydrogens is 180 g/mol. The molecule has 1 aliphatic heterocycles. The molecule has 0 saturated carbocycles. The monoisotopic (exact) mass is 200 g/mol. The summed E-state index contributed by atoms with van der Waals surface area (Å²) in [5.74, 6) is -0.0823. The second-order valence-corrected chi connectivity index (χ2v) is 4.02. The highest BCUT2D eigenvalue weighted by atomic mass is 16.5. The van der Waals surface area contributed by atoms with Crippen molar-refractivity contribution in [2.75, 3.05) is 40.8 Å². The summed E-state index contributed by atoms with van der Waals surface area (Å²) in [6, 6.07) is 0.0298. The highest BCUT2D eigenvalue weighted by molar-refractivity contribution is 5.76. The fourth-order valence-corrected chi connectivity index (χ4v) is 1.70. The molecule has 1 unspecified atom stereocenters. The summed E-state index contributed by atoms with van der Waals surface area (Å²) >= 11 is 0. The lowest BCUT2D eigenvalue weighted by molar-refractivity contribution is -0.151. The Balaban J connectivity index is 2.16. The minimum atomic E-state index is -0.0823. The van der Waals surface area contributed by atoms with Gasteiger partial charge in [0.15, 0.2) is 0 Å². The molecule has 0 aromatic carbocycles. The van der Waals surface area contributed by atoms with E-state index >= 15 is 0 Å². The normalized spacial score (nSPS) is 22.1. The highest BCUT2D eigenvalue weighted by Gasteiger charge is 2.34. The Morgan fingerprint density at radius 2 is 2.29 bits per heavy atom. The summed E-state index contributed by atoms with van der Waals surface area (Å²) in [5, 5.41) is 0. The van der Waals surface area contributed by atoms with Crippen molar-refractivity contribution in [3.05, 3.63) is 0 Å². The Labute approximate surface area is 85.8 Å². The predicted molar refractivity (Wildman–Crippen MR) is 55.2 cm³/mol. The first-order valence-electron chi connectivity index (χ1n) is 5.11. The zero-order chi connectivity index (χ0) is 10.6. The Morgan fingerprint density at radius 3 is 2.71 bits per heavy atom. The van der Waals surface area contributed by atoms with Gasteiger partial charge in [0.05, 0.1) is 7.11 Å². The van der Waals surface area contributed by atoms with Crippen LogP contribution in [0.15, 0.2) is 0 Å². The lowest BCUT2D eigenvalue weighted by Gasteiger charge is -2.38. The van der Waals surface area contributed by atoms with Gasteiger partial charge in [-0.3, -0.25) is 9.69 Å². The summed E-state index contributed by atoms with van der Waals surface area (Å²) in [7, 11) is 5.58. The molecule has 14 heavy (non-hydrogen) atoms. The number of nitrogens with zero attached hydrogens (tertiary/aromatic N) is 2. The molecule has 1 aliphatic rings. The van der Waals surface area contributed by atoms with Crippen LogP contribution in [-0.4, -0.2) is 62.7 Å². The zero-order valence-corrected chi connectivity index (χ0v) is 9.32. The smallest absolute Gasteiger partial charge is 0.323 e. The van der Waals surface area contributed by atoms with Gasteiger partial charge in [0.2, 0.25) is 0 Å². The molecule has 0 aliphatic carbocycles. The number of carbonyl (C=O) groups excluding carboxylic acids is 1. The zero-order valence-electron chi connectivity index (χ0n) is 9.32. The van der Waals surface area contributed by atoms with E-state index in [1.165, 1.54) is 7.11 Å². The fraction of sp³-hybridized carbons (Fsp3) is 0.900. The van der Waals surface area contributed by atoms with Gasteiger partial charge in [0.1, 0.15) is 6.04 Å². The van der Waals surface area contributed by atoms with Gasteiger partial charge in [-0.05, 0) is 33.5 Å². The second kappa shape index (κ2) is 5.32. The third-order valence-corrected chi connectivity index (χ3v) is 2.65. The fourth-order valence-electron chi connectivity index (χ4n) is 1.70. The third-order valence-electron chi connectivity index (χ3n) is 2.65. The van der Waals surface area contributed by atoms with Crippen molar-refractivity contribution < 1.29 is 9.53 Å². The molecule has 4 heteroatoms. The van der Waals surface area contributed by atoms with E-state index in [9.17, 15) is 4.79 Å². The van der Waals surface area contributed by atoms with E-state index in [0.717, 1.165) is 32.5 Å². The molecule has 82 valence electrons. The largest absolute Gasteiger partial charge is 0.468 e. The van der Waals surface area contributed by atoms with Gasteiger partial charge < -0.3 is 9.64 Å². The quantitative estimate of drug-likeness (QED) is 0.593. The molecule has 1 heterocycles. The summed E-state index contributed by atoms with van der Waals surface area (Å²) in [4.78, 5) is 15.6. The van der Waals surface area contributed by atoms with Crippen molar-refractivity contribution in [2.45, 2.75) is 18.9 Å². The lowest BCUT2D eigenvalue weighted by atomic mass is 10.0. The van der Waals surface area contributed by atoms with Crippen molar-refractivity contribution in [3.63, 3.8) is 0 Å². The Bertz CT molecular complexity index is 195. The van der Waals surface area contributed by atoms with Gasteiger partial charge >= 0.3 is 5.97 Å². The molecule has 1 rings (SSSR count). The molecule has 1 atom stereocenters. The Morgan fingerprint density at radius 1 is 1.57 bits per heavy atom. The number of carbonyl (C=O) groups is 1. The van der Waals surface area contributed by atoms with Crippen LogP contribution in [0, 0.1) is 0 Å². The summed E-state index contributed by atoms with van der Waals surface area (Å²) in [5.41, 5.74) is 0. The molecule has 1 saturated heterocycles. The van der Waals surface area contributed by atoms with Gasteiger partial charge in [-0.1, -0.05) is 0 Å². The molecule has 0 spiro atoms. The van der Waals surface area contributed by atoms with Crippen LogP contribution < -0.4 is 0 Å². The van der Waals surface area contributed by atoms with E-state index in [2.05, 4.69) is 23.9 Å². The number of methoxy groups -OCH3 is 1. The van der Waals surface area contributed by atoms with Gasteiger partial charge in [-0.25, -0.2) is 0 Å². The molecule has 0 N–H and O–H groups in total. The molecule has 0 amide bonds. The van der Waals surface area contributed by atoms with Gasteiger partial charge in [0.25, 0.3) is 0 Å². The van der Waals surface area contributed by atoms with E-state index in [0.29, 0.717) is 0 Å². The van der Waals surface area contributed by atoms with Gasteiger partial charge in [-0.2, -0.15) is 0 Å². The van der Waals surface area contributed by atoms with Crippen LogP contribution in [0.4, 0.5) is 0 Å². The van der Waals surface area contributed by atoms with E-state index in [1.807, 2.05) is 0 Å². The maximum Gasteiger partial charge on any atom is 0.323 e. The highest BCUT2D eigenvalue weighted by Crippen LogP contribution is 2.18. The molecule has 0 aromatic heterocycles. The van der Waals surface area contributed by atoms with Crippen molar-refractivity contribution in [3.8, 4) is 0 Å². The molecule has 0 bridgehead atoms. The topological polar surface area (TPSA) is 32.8 Å². The molecule has 4 nitrogen and oxygen atoms in total. The molecule has 0 aromatic rings. The number of esters is 1. The van der Waals surface area contributed by atoms with Crippen LogP contribution in [0.3, 0.4) is 0 Å². The van der Waals surface area contributed by atoms with Crippen LogP contribution >= 0.6 is 0 Å². The van der Waals surface area contributed by atoms with E-state index in [4.69, 9.17) is 4.74 Å². The number of ether oxygens (including phenoxy) is 1. The van der Waals surface area contributed by atoms with Crippen LogP contribution in [0.1, 0.15) is 12.8 Å². The van der Waals surface area contributed by atoms with Crippen LogP contribution in [0.25, 0.3) is 0 Å². The third kappa shape index (κ3) is 2.96. The Kier molecular flexibility index (Phi) is 4.35. The first kappa shape index (κ1) is 11.5. The van der Waals surface area contributed by atoms with Gasteiger partial charge in [-0.15, -0.1) is 0 Å². The average molecular weight is 200 g/mol. The standard InChI is InChI=1S/C10H20N2O2/c1-11(2)6-4-7-12-8-5-9(12)10(13)14-3/h9H,4-8H2,1-3H3. The van der Waals surface area contributed by atoms with E-state index in [1.54, 1.807) is 0 Å². The summed E-state index contributed by atoms with van der Waals surface area (Å²) in [6.07, 6.45) is 2.06. The maximum atomic E-state index is 11.2. The first-order chi connectivity index (χ1) is 6.65. The summed E-state index contributed by atoms with van der Waals surface area (Å²) in [6.45, 7) is 3.11. The van der Waals surface area contributed by atoms with Crippen molar-refractivity contribution in [2.24, 2.45) is 0 Å². The van der Waals surface area contributed by atoms with Crippen LogP contribution in [0.5, 0.6) is 0 Å². The van der Waals surface area contributed by atoms with E-state index < -0.39 is 0 Å². The predicted octanol–water partition coefficient (Wildman–Crippen LogP) is 0.185. The van der Waals surface area contributed by atoms with Crippen LogP contribution in [-0.2, 0) is 9.53 Å². The first-order valence-corrected chi connectivity index (χ1v) is 5.11. The minimum absolute atomic E-state index is 0.0298. The minimum Gasteiger partial charge on any atom is -0.468 e. The van der Waals surface area contributed by atoms with Crippen molar-refractivity contribution in [1.29, 1.82) is 0 Å². The average Bonchev–Trinajstić information content (AvgIpc) is 2.09. The SMILES string of the molecule is COC(=O)C1CCN1CCCN(C)C. The molecule has 0 radical (unpaired) electrons. The number of rotatable bonds is 5. The van der Waals surface area contributed by atoms with Gasteiger partial charge in [0, 0.05) is 13.1 Å². The number of hydrogen-bond acceptors (Lipinski definition) is 4. The molecule has 1 fully saturated rings. The lowest BCUT2D eigenvalue weighted by Crippen LogP contribution is -2.53. The Hall–Kier alpha value is -0.610. The maximum absolute atomic E-state index is 11.2.